The van der Waals surface area contributed by atoms with E-state index in [1.807, 2.05) is 28.8 Å². The van der Waals surface area contributed by atoms with Gasteiger partial charge in [0.05, 0.1) is 6.20 Å². The van der Waals surface area contributed by atoms with Crippen LogP contribution in [-0.4, -0.2) is 4.37 Å². The second-order valence-electron chi connectivity index (χ2n) is 1.76. The molecule has 0 aromatic carbocycles. The molecule has 0 saturated heterocycles. The van der Waals surface area contributed by atoms with Crippen molar-refractivity contribution in [1.29, 1.82) is 0 Å². The highest BCUT2D eigenvalue weighted by Gasteiger charge is 1.97. The molecule has 0 unspecified atom stereocenters. The monoisotopic (exact) mass is 137 g/mol. The van der Waals surface area contributed by atoms with Crippen LogP contribution in [0.1, 0.15) is 0 Å². The van der Waals surface area contributed by atoms with Crippen LogP contribution in [0.4, 0.5) is 0 Å². The molecule has 2 nitrogen and oxygen atoms in total. The molecule has 2 aromatic rings. The first kappa shape index (κ1) is 4.88. The highest BCUT2D eigenvalue weighted by Crippen LogP contribution is 1.97. The molecule has 2 aromatic heterocycles. The van der Waals surface area contributed by atoms with Crippen LogP contribution in [0.15, 0.2) is 30.7 Å². The summed E-state index contributed by atoms with van der Waals surface area (Å²) in [6.45, 7) is 0. The average Bonchev–Trinajstić information content (AvgIpc) is 2.33. The number of hydrogen-bond acceptors (Lipinski definition) is 2. The van der Waals surface area contributed by atoms with Crippen LogP contribution < -0.4 is 4.40 Å². The van der Waals surface area contributed by atoms with Crippen molar-refractivity contribution in [1.82, 2.24) is 4.37 Å². The number of pyridine rings is 1. The predicted molar refractivity (Wildman–Crippen MR) is 35.3 cm³/mol. The summed E-state index contributed by atoms with van der Waals surface area (Å²) in [5.41, 5.74) is 0. The van der Waals surface area contributed by atoms with Crippen molar-refractivity contribution in [3.63, 3.8) is 0 Å². The summed E-state index contributed by atoms with van der Waals surface area (Å²) in [6, 6.07) is 6.03. The Hall–Kier alpha value is -0.960. The Morgan fingerprint density at radius 2 is 2.44 bits per heavy atom. The molecule has 2 rings (SSSR count). The van der Waals surface area contributed by atoms with Gasteiger partial charge in [0.25, 0.3) is 0 Å². The van der Waals surface area contributed by atoms with E-state index in [9.17, 15) is 0 Å². The normalized spacial score (nSPS) is 10.2. The van der Waals surface area contributed by atoms with Crippen LogP contribution >= 0.6 is 11.5 Å². The summed E-state index contributed by atoms with van der Waals surface area (Å²) < 4.78 is 6.00. The van der Waals surface area contributed by atoms with Crippen LogP contribution in [0.25, 0.3) is 4.83 Å². The molecule has 0 aliphatic carbocycles. The van der Waals surface area contributed by atoms with Crippen LogP contribution in [0.5, 0.6) is 0 Å². The van der Waals surface area contributed by atoms with Crippen molar-refractivity contribution >= 4 is 16.4 Å². The molecule has 0 fully saturated rings. The van der Waals surface area contributed by atoms with Gasteiger partial charge in [-0.1, -0.05) is 6.07 Å². The van der Waals surface area contributed by atoms with E-state index >= 15 is 0 Å². The minimum atomic E-state index is 1.18. The molecular formula is C6H5N2S+. The van der Waals surface area contributed by atoms with Gasteiger partial charge in [0.1, 0.15) is 11.5 Å². The lowest BCUT2D eigenvalue weighted by atomic mass is 10.5. The fourth-order valence-electron chi connectivity index (χ4n) is 0.741. The quantitative estimate of drug-likeness (QED) is 0.493. The maximum absolute atomic E-state index is 4.01. The number of rotatable bonds is 0. The first-order chi connectivity index (χ1) is 4.47. The van der Waals surface area contributed by atoms with E-state index in [0.717, 1.165) is 0 Å². The molecule has 0 aliphatic rings. The van der Waals surface area contributed by atoms with E-state index < -0.39 is 0 Å². The number of aromatic nitrogens is 2. The Morgan fingerprint density at radius 3 is 3.33 bits per heavy atom. The maximum Gasteiger partial charge on any atom is 0.307 e. The first-order valence-corrected chi connectivity index (χ1v) is 3.45. The second kappa shape index (κ2) is 1.77. The minimum absolute atomic E-state index is 1.18. The van der Waals surface area contributed by atoms with Crippen LogP contribution in [0.2, 0.25) is 0 Å². The molecule has 0 bridgehead atoms. The standard InChI is InChI=1S/C6H5N2S/c1-2-4-8-5-7-9-6(8)3-1/h1-5H/q+1. The van der Waals surface area contributed by atoms with E-state index in [2.05, 4.69) is 4.37 Å². The molecule has 9 heavy (non-hydrogen) atoms. The fraction of sp³-hybridized carbons (Fsp3) is 0. The molecule has 0 aliphatic heterocycles. The summed E-state index contributed by atoms with van der Waals surface area (Å²) in [5, 5.41) is 0. The number of hydrogen-bond donors (Lipinski definition) is 0. The highest BCUT2D eigenvalue weighted by atomic mass is 32.1. The van der Waals surface area contributed by atoms with E-state index in [4.69, 9.17) is 0 Å². The van der Waals surface area contributed by atoms with Gasteiger partial charge < -0.3 is 0 Å². The topological polar surface area (TPSA) is 17.0 Å². The van der Waals surface area contributed by atoms with Crippen molar-refractivity contribution in [2.24, 2.45) is 0 Å². The molecule has 0 atom stereocenters. The van der Waals surface area contributed by atoms with Crippen molar-refractivity contribution in [2.45, 2.75) is 0 Å². The van der Waals surface area contributed by atoms with Gasteiger partial charge in [0.15, 0.2) is 0 Å². The third-order valence-electron chi connectivity index (χ3n) is 1.17. The van der Waals surface area contributed by atoms with Crippen molar-refractivity contribution in [3.05, 3.63) is 30.7 Å². The highest BCUT2D eigenvalue weighted by molar-refractivity contribution is 7.10. The van der Waals surface area contributed by atoms with Crippen LogP contribution in [0.3, 0.4) is 0 Å². The summed E-state index contributed by atoms with van der Waals surface area (Å²) in [6.07, 6.45) is 3.79. The van der Waals surface area contributed by atoms with Gasteiger partial charge in [-0.3, -0.25) is 0 Å². The Kier molecular flexibility index (Phi) is 0.960. The van der Waals surface area contributed by atoms with Gasteiger partial charge in [-0.05, 0) is 12.1 Å². The SMILES string of the molecule is c1cc[n+]2cnsc2c1. The molecule has 3 heteroatoms. The molecule has 0 radical (unpaired) electrons. The van der Waals surface area contributed by atoms with Crippen molar-refractivity contribution in [3.8, 4) is 0 Å². The van der Waals surface area contributed by atoms with Crippen molar-refractivity contribution in [2.75, 3.05) is 0 Å². The van der Waals surface area contributed by atoms with Crippen LogP contribution in [-0.2, 0) is 0 Å². The van der Waals surface area contributed by atoms with Gasteiger partial charge in [-0.15, -0.1) is 0 Å². The Morgan fingerprint density at radius 1 is 1.44 bits per heavy atom. The second-order valence-corrected chi connectivity index (χ2v) is 2.57. The third-order valence-corrected chi connectivity index (χ3v) is 1.90. The Bertz CT molecular complexity index is 285. The molecule has 2 heterocycles. The number of nitrogens with zero attached hydrogens (tertiary/aromatic N) is 2. The zero-order valence-corrected chi connectivity index (χ0v) is 5.51. The van der Waals surface area contributed by atoms with Gasteiger partial charge in [-0.2, -0.15) is 4.40 Å². The summed E-state index contributed by atoms with van der Waals surface area (Å²) in [7, 11) is 0. The van der Waals surface area contributed by atoms with E-state index in [0.29, 0.717) is 0 Å². The van der Waals surface area contributed by atoms with Crippen molar-refractivity contribution < 1.29 is 4.40 Å². The maximum atomic E-state index is 4.01. The Balaban J connectivity index is 2.95. The van der Waals surface area contributed by atoms with Gasteiger partial charge in [-0.25, -0.2) is 0 Å². The fourth-order valence-corrected chi connectivity index (χ4v) is 1.34. The summed E-state index contributed by atoms with van der Waals surface area (Å²) in [5.74, 6) is 0. The first-order valence-electron chi connectivity index (χ1n) is 2.67. The molecule has 0 amide bonds. The van der Waals surface area contributed by atoms with E-state index in [1.165, 1.54) is 16.4 Å². The Labute approximate surface area is 56.6 Å². The average molecular weight is 137 g/mol. The summed E-state index contributed by atoms with van der Waals surface area (Å²) >= 11 is 1.50. The van der Waals surface area contributed by atoms with Gasteiger partial charge in [0, 0.05) is 4.37 Å². The van der Waals surface area contributed by atoms with E-state index in [-0.39, 0.29) is 0 Å². The van der Waals surface area contributed by atoms with Crippen LogP contribution in [0, 0.1) is 0 Å². The smallest absolute Gasteiger partial charge is 0.190 e. The lowest BCUT2D eigenvalue weighted by Gasteiger charge is -1.76. The summed E-state index contributed by atoms with van der Waals surface area (Å²) in [4.78, 5) is 1.18. The zero-order chi connectivity index (χ0) is 6.10. The molecule has 0 saturated carbocycles. The lowest BCUT2D eigenvalue weighted by molar-refractivity contribution is -0.510. The predicted octanol–water partition coefficient (Wildman–Crippen LogP) is 0.882. The zero-order valence-electron chi connectivity index (χ0n) is 4.69. The van der Waals surface area contributed by atoms with E-state index in [1.54, 1.807) is 6.33 Å². The molecular weight excluding hydrogens is 132 g/mol. The molecule has 0 N–H and O–H groups in total. The van der Waals surface area contributed by atoms with Gasteiger partial charge >= 0.3 is 6.33 Å². The largest absolute Gasteiger partial charge is 0.307 e. The number of fused-ring (bicyclic) bond motifs is 1. The lowest BCUT2D eigenvalue weighted by Crippen LogP contribution is -2.15. The van der Waals surface area contributed by atoms with Gasteiger partial charge in [0.2, 0.25) is 4.83 Å². The molecule has 0 spiro atoms. The molecule has 44 valence electrons. The third kappa shape index (κ3) is 0.695. The minimum Gasteiger partial charge on any atom is -0.190 e.